The van der Waals surface area contributed by atoms with Crippen LogP contribution in [0, 0.1) is 22.7 Å². The van der Waals surface area contributed by atoms with Crippen molar-refractivity contribution in [2.75, 3.05) is 0 Å². The summed E-state index contributed by atoms with van der Waals surface area (Å²) in [6.07, 6.45) is -4.23. The number of carbonyl (C=O) groups excluding carboxylic acids is 7. The maximum atomic E-state index is 15.8. The molecule has 11 atom stereocenters. The molecule has 0 saturated heterocycles. The number of carbonyl (C=O) groups is 7. The van der Waals surface area contributed by atoms with Gasteiger partial charge in [0.25, 0.3) is 5.91 Å². The highest BCUT2D eigenvalue weighted by Crippen LogP contribution is 2.67. The first kappa shape index (κ1) is 52.6. The largest absolute Gasteiger partial charge is 0.458 e. The third-order valence-corrected chi connectivity index (χ3v) is 15.8. The van der Waals surface area contributed by atoms with Crippen molar-refractivity contribution in [1.82, 2.24) is 5.32 Å². The molecule has 4 aliphatic rings. The first-order valence-electron chi connectivity index (χ1n) is 24.8. The quantitative estimate of drug-likeness (QED) is 0.0512. The maximum Gasteiger partial charge on any atom is 0.350 e. The van der Waals surface area contributed by atoms with Crippen molar-refractivity contribution < 1.29 is 67.5 Å². The summed E-state index contributed by atoms with van der Waals surface area (Å²) in [6.45, 7) is 10.6. The molecule has 15 nitrogen and oxygen atoms in total. The van der Waals surface area contributed by atoms with Crippen LogP contribution in [0.25, 0.3) is 0 Å². The molecule has 3 aromatic carbocycles. The molecule has 3 fully saturated rings. The number of ether oxygens (including phenoxy) is 5. The van der Waals surface area contributed by atoms with Gasteiger partial charge in [-0.05, 0) is 80.5 Å². The Balaban J connectivity index is 1.40. The Morgan fingerprint density at radius 3 is 1.97 bits per heavy atom. The highest BCUT2D eigenvalue weighted by molar-refractivity contribution is 5.96. The molecule has 2 bridgehead atoms. The van der Waals surface area contributed by atoms with Crippen molar-refractivity contribution in [3.8, 4) is 0 Å². The predicted molar refractivity (Wildman–Crippen MR) is 258 cm³/mol. The van der Waals surface area contributed by atoms with Gasteiger partial charge < -0.3 is 39.2 Å². The normalized spacial score (nSPS) is 29.2. The number of aliphatic hydroxyl groups is 2. The van der Waals surface area contributed by atoms with Gasteiger partial charge in [-0.15, -0.1) is 0 Å². The Bertz CT molecular complexity index is 2510. The zero-order chi connectivity index (χ0) is 51.5. The van der Waals surface area contributed by atoms with Gasteiger partial charge in [0.05, 0.1) is 23.0 Å². The van der Waals surface area contributed by atoms with Crippen molar-refractivity contribution in [2.45, 2.75) is 160 Å². The summed E-state index contributed by atoms with van der Waals surface area (Å²) in [5.74, 6) is -7.73. The number of unbranched alkanes of at least 4 members (excludes halogenated alkanes) is 4. The summed E-state index contributed by atoms with van der Waals surface area (Å²) >= 11 is 0. The summed E-state index contributed by atoms with van der Waals surface area (Å²) in [5, 5.41) is 29.2. The molecule has 7 rings (SSSR count). The minimum Gasteiger partial charge on any atom is -0.458 e. The number of esters is 5. The summed E-state index contributed by atoms with van der Waals surface area (Å²) in [5.41, 5.74) is -6.65. The number of fused-ring (bicyclic) bond motifs is 5. The van der Waals surface area contributed by atoms with Crippen molar-refractivity contribution >= 4 is 41.5 Å². The van der Waals surface area contributed by atoms with Crippen LogP contribution in [-0.4, -0.2) is 93.5 Å². The van der Waals surface area contributed by atoms with Crippen LogP contribution in [-0.2, 0) is 47.7 Å². The molecule has 71 heavy (non-hydrogen) atoms. The minimum absolute atomic E-state index is 0.000489. The number of benzene rings is 3. The smallest absolute Gasteiger partial charge is 0.350 e. The van der Waals surface area contributed by atoms with Gasteiger partial charge in [0.15, 0.2) is 11.9 Å². The molecule has 1 amide bonds. The molecule has 0 spiro atoms. The Kier molecular flexibility index (Phi) is 15.8. The van der Waals surface area contributed by atoms with Gasteiger partial charge in [0.2, 0.25) is 6.10 Å². The van der Waals surface area contributed by atoms with Gasteiger partial charge in [-0.25, -0.2) is 9.59 Å². The van der Waals surface area contributed by atoms with Crippen molar-refractivity contribution in [1.29, 1.82) is 0 Å². The van der Waals surface area contributed by atoms with Crippen molar-refractivity contribution in [2.24, 2.45) is 22.7 Å². The summed E-state index contributed by atoms with van der Waals surface area (Å²) in [7, 11) is 0. The molecule has 0 aromatic heterocycles. The van der Waals surface area contributed by atoms with Gasteiger partial charge in [-0.3, -0.25) is 24.0 Å². The Labute approximate surface area is 415 Å². The average molecular weight is 978 g/mol. The second kappa shape index (κ2) is 21.3. The maximum absolute atomic E-state index is 15.8. The number of ketones is 1. The van der Waals surface area contributed by atoms with Crippen LogP contribution in [0.15, 0.2) is 102 Å². The standard InChI is InChI=1S/C56H67NO14/c1-8-9-10-11-21-28-42(61)69-46(44(36-22-15-12-16-23-36)57-50(63)37-24-17-13-18-25-37)52(65)68-40-32-56(66)49(70-51(64)38-26-19-14-20-27-38)47-54(7,41(60)31-39-29-30-55(39,47)71-35(4)59)48(62)45(67-34(3)58)43(33(40)2)53(56,5)6/h12-20,22-27,39-41,44-47,49,60,66H,8-11,21,28-32H2,1-7H3,(H,57,63)/t39-,40+,41+,44+,45-,46-,47?,49+,54-,55+,56-/m1/s1. The number of rotatable bonds is 17. The SMILES string of the molecule is CCCCCCCC(=O)O[C@@H](C(=O)O[C@H]1C[C@@]2(O)[C@@H](OC(=O)c3ccccc3)C3[C@](C)(C(=O)[C@H](OC(C)=O)C(=C1C)C2(C)C)[C@@H](O)C[C@H]1CC[C@@]31OC(C)=O)[C@@H](NC(=O)c1ccccc1)c1ccccc1. The molecule has 15 heteroatoms. The lowest BCUT2D eigenvalue weighted by molar-refractivity contribution is -0.296. The summed E-state index contributed by atoms with van der Waals surface area (Å²) in [4.78, 5) is 99.8. The van der Waals surface area contributed by atoms with Crippen LogP contribution < -0.4 is 5.32 Å². The molecule has 3 saturated carbocycles. The third kappa shape index (κ3) is 10.0. The topological polar surface area (TPSA) is 218 Å². The number of nitrogens with one attached hydrogen (secondary N) is 1. The summed E-state index contributed by atoms with van der Waals surface area (Å²) in [6, 6.07) is 23.4. The molecular weight excluding hydrogens is 911 g/mol. The van der Waals surface area contributed by atoms with E-state index >= 15 is 9.59 Å². The Morgan fingerprint density at radius 2 is 1.39 bits per heavy atom. The first-order chi connectivity index (χ1) is 33.7. The molecule has 0 radical (unpaired) electrons. The van der Waals surface area contributed by atoms with E-state index < -0.39 is 118 Å². The zero-order valence-corrected chi connectivity index (χ0v) is 41.6. The fourth-order valence-corrected chi connectivity index (χ4v) is 11.9. The van der Waals surface area contributed by atoms with Crippen LogP contribution in [0.3, 0.4) is 0 Å². The van der Waals surface area contributed by atoms with E-state index in [2.05, 4.69) is 12.2 Å². The van der Waals surface area contributed by atoms with Crippen LogP contribution in [0.4, 0.5) is 0 Å². The predicted octanol–water partition coefficient (Wildman–Crippen LogP) is 7.66. The molecule has 0 heterocycles. The van der Waals surface area contributed by atoms with E-state index in [1.807, 2.05) is 0 Å². The van der Waals surface area contributed by atoms with E-state index in [0.717, 1.165) is 32.6 Å². The van der Waals surface area contributed by atoms with Gasteiger partial charge in [0.1, 0.15) is 29.5 Å². The fourth-order valence-electron chi connectivity index (χ4n) is 11.9. The van der Waals surface area contributed by atoms with Crippen LogP contribution in [0.2, 0.25) is 0 Å². The second-order valence-electron chi connectivity index (χ2n) is 20.4. The molecule has 380 valence electrons. The monoisotopic (exact) mass is 977 g/mol. The molecule has 3 aromatic rings. The van der Waals surface area contributed by atoms with Crippen molar-refractivity contribution in [3.63, 3.8) is 0 Å². The minimum atomic E-state index is -2.38. The number of hydrogen-bond acceptors (Lipinski definition) is 14. The van der Waals surface area contributed by atoms with E-state index in [0.29, 0.717) is 18.4 Å². The van der Waals surface area contributed by atoms with Gasteiger partial charge in [-0.1, -0.05) is 113 Å². The molecular formula is C56H67NO14. The van der Waals surface area contributed by atoms with E-state index in [-0.39, 0.29) is 41.5 Å². The average Bonchev–Trinajstić information content (AvgIpc) is 3.33. The number of amides is 1. The lowest BCUT2D eigenvalue weighted by Gasteiger charge is -2.68. The number of hydrogen-bond donors (Lipinski definition) is 3. The fraction of sp³-hybridized carbons (Fsp3) is 0.518. The van der Waals surface area contributed by atoms with E-state index in [1.165, 1.54) is 26.0 Å². The van der Waals surface area contributed by atoms with Crippen LogP contribution in [0.5, 0.6) is 0 Å². The first-order valence-corrected chi connectivity index (χ1v) is 24.8. The molecule has 3 N–H and O–H groups in total. The third-order valence-electron chi connectivity index (χ3n) is 15.8. The van der Waals surface area contributed by atoms with E-state index in [1.54, 1.807) is 99.6 Å². The number of aliphatic hydroxyl groups excluding tert-OH is 1. The molecule has 0 aliphatic heterocycles. The van der Waals surface area contributed by atoms with Crippen molar-refractivity contribution in [3.05, 3.63) is 119 Å². The Hall–Kier alpha value is -6.19. The molecule has 1 unspecified atom stereocenters. The van der Waals surface area contributed by atoms with Crippen LogP contribution in [0.1, 0.15) is 145 Å². The zero-order valence-electron chi connectivity index (χ0n) is 41.6. The van der Waals surface area contributed by atoms with Gasteiger partial charge in [0, 0.05) is 43.6 Å². The van der Waals surface area contributed by atoms with Crippen LogP contribution >= 0.6 is 0 Å². The lowest BCUT2D eigenvalue weighted by atomic mass is 9.41. The number of Topliss-reactive ketones (excluding diaryl/α,β-unsaturated/α-hetero) is 1. The lowest BCUT2D eigenvalue weighted by Crippen LogP contribution is -2.78. The van der Waals surface area contributed by atoms with Gasteiger partial charge in [-0.2, -0.15) is 0 Å². The highest BCUT2D eigenvalue weighted by atomic mass is 16.6. The van der Waals surface area contributed by atoms with Gasteiger partial charge >= 0.3 is 29.8 Å². The summed E-state index contributed by atoms with van der Waals surface area (Å²) < 4.78 is 31.3. The molecule has 4 aliphatic carbocycles. The second-order valence-corrected chi connectivity index (χ2v) is 20.4. The highest BCUT2D eigenvalue weighted by Gasteiger charge is 2.77. The van der Waals surface area contributed by atoms with E-state index in [9.17, 15) is 34.2 Å². The van der Waals surface area contributed by atoms with E-state index in [4.69, 9.17) is 23.7 Å². The Morgan fingerprint density at radius 1 is 0.789 bits per heavy atom.